The first-order valence-electron chi connectivity index (χ1n) is 5.57. The van der Waals surface area contributed by atoms with Gasteiger partial charge in [-0.25, -0.2) is 9.78 Å². The molecule has 0 saturated heterocycles. The Labute approximate surface area is 110 Å². The lowest BCUT2D eigenvalue weighted by Crippen LogP contribution is -2.06. The van der Waals surface area contributed by atoms with E-state index in [-0.39, 0.29) is 12.2 Å². The molecule has 0 bridgehead atoms. The third-order valence-corrected chi connectivity index (χ3v) is 3.09. The molecule has 1 heterocycles. The second kappa shape index (κ2) is 6.87. The first-order valence-corrected chi connectivity index (χ1v) is 6.56. The molecule has 0 spiro atoms. The summed E-state index contributed by atoms with van der Waals surface area (Å²) in [6.07, 6.45) is 3.12. The number of hydrogen-bond acceptors (Lipinski definition) is 5. The molecular weight excluding hydrogens is 250 g/mol. The summed E-state index contributed by atoms with van der Waals surface area (Å²) in [5.74, 6) is 0.308. The summed E-state index contributed by atoms with van der Waals surface area (Å²) in [5.41, 5.74) is 0.684. The standard InChI is InChI=1S/C12H15N3O2S/c1-4-17-11(16)9(7-13)6-10-8-14-12(15(10)3)18-5-2/h6,8H,4-5H2,1-3H3. The fourth-order valence-electron chi connectivity index (χ4n) is 1.30. The largest absolute Gasteiger partial charge is 0.462 e. The Morgan fingerprint density at radius 1 is 1.67 bits per heavy atom. The minimum atomic E-state index is -0.606. The smallest absolute Gasteiger partial charge is 0.348 e. The molecule has 0 atom stereocenters. The van der Waals surface area contributed by atoms with Crippen molar-refractivity contribution in [3.05, 3.63) is 17.5 Å². The zero-order chi connectivity index (χ0) is 13.5. The molecule has 0 fully saturated rings. The Morgan fingerprint density at radius 2 is 2.39 bits per heavy atom. The molecule has 5 nitrogen and oxygen atoms in total. The van der Waals surface area contributed by atoms with E-state index < -0.39 is 5.97 Å². The summed E-state index contributed by atoms with van der Waals surface area (Å²) in [6.45, 7) is 3.99. The van der Waals surface area contributed by atoms with Crippen molar-refractivity contribution in [2.24, 2.45) is 7.05 Å². The number of nitriles is 1. The lowest BCUT2D eigenvalue weighted by Gasteiger charge is -2.02. The van der Waals surface area contributed by atoms with Crippen molar-refractivity contribution in [2.75, 3.05) is 12.4 Å². The van der Waals surface area contributed by atoms with Crippen molar-refractivity contribution < 1.29 is 9.53 Å². The average Bonchev–Trinajstić information content (AvgIpc) is 2.69. The van der Waals surface area contributed by atoms with Gasteiger partial charge in [0.1, 0.15) is 11.6 Å². The van der Waals surface area contributed by atoms with Crippen LogP contribution in [0.3, 0.4) is 0 Å². The molecule has 18 heavy (non-hydrogen) atoms. The molecule has 1 aromatic rings. The predicted molar refractivity (Wildman–Crippen MR) is 69.8 cm³/mol. The second-order valence-corrected chi connectivity index (χ2v) is 4.58. The number of nitrogens with zero attached hydrogens (tertiary/aromatic N) is 3. The fourth-order valence-corrected chi connectivity index (χ4v) is 1.98. The van der Waals surface area contributed by atoms with E-state index >= 15 is 0 Å². The number of hydrogen-bond donors (Lipinski definition) is 0. The van der Waals surface area contributed by atoms with Crippen molar-refractivity contribution in [2.45, 2.75) is 19.0 Å². The van der Waals surface area contributed by atoms with Crippen LogP contribution in [0.25, 0.3) is 6.08 Å². The van der Waals surface area contributed by atoms with Crippen molar-refractivity contribution in [3.8, 4) is 6.07 Å². The van der Waals surface area contributed by atoms with Gasteiger partial charge >= 0.3 is 5.97 Å². The van der Waals surface area contributed by atoms with E-state index in [1.165, 1.54) is 6.08 Å². The molecule has 1 rings (SSSR count). The van der Waals surface area contributed by atoms with E-state index in [0.29, 0.717) is 5.69 Å². The third-order valence-electron chi connectivity index (χ3n) is 2.16. The Hall–Kier alpha value is -1.74. The van der Waals surface area contributed by atoms with Crippen LogP contribution >= 0.6 is 11.8 Å². The van der Waals surface area contributed by atoms with E-state index in [4.69, 9.17) is 10.00 Å². The molecule has 1 aromatic heterocycles. The number of thioether (sulfide) groups is 1. The van der Waals surface area contributed by atoms with Gasteiger partial charge in [-0.2, -0.15) is 5.26 Å². The topological polar surface area (TPSA) is 67.9 Å². The summed E-state index contributed by atoms with van der Waals surface area (Å²) in [4.78, 5) is 15.7. The SMILES string of the molecule is CCOC(=O)C(C#N)=Cc1cnc(SCC)n1C. The van der Waals surface area contributed by atoms with Crippen molar-refractivity contribution in [1.29, 1.82) is 5.26 Å². The minimum absolute atomic E-state index is 0.0205. The van der Waals surface area contributed by atoms with E-state index in [0.717, 1.165) is 10.9 Å². The van der Waals surface area contributed by atoms with Gasteiger partial charge in [-0.05, 0) is 18.8 Å². The highest BCUT2D eigenvalue weighted by atomic mass is 32.2. The lowest BCUT2D eigenvalue weighted by molar-refractivity contribution is -0.137. The van der Waals surface area contributed by atoms with Gasteiger partial charge in [-0.1, -0.05) is 18.7 Å². The number of aromatic nitrogens is 2. The Balaban J connectivity index is 3.00. The quantitative estimate of drug-likeness (QED) is 0.352. The van der Waals surface area contributed by atoms with E-state index in [2.05, 4.69) is 4.98 Å². The van der Waals surface area contributed by atoms with Gasteiger partial charge in [0.15, 0.2) is 5.16 Å². The average molecular weight is 265 g/mol. The number of esters is 1. The monoisotopic (exact) mass is 265 g/mol. The Morgan fingerprint density at radius 3 is 2.94 bits per heavy atom. The maximum atomic E-state index is 11.5. The van der Waals surface area contributed by atoms with Gasteiger partial charge in [0.05, 0.1) is 18.5 Å². The third kappa shape index (κ3) is 3.37. The van der Waals surface area contributed by atoms with Crippen LogP contribution < -0.4 is 0 Å². The van der Waals surface area contributed by atoms with Crippen LogP contribution in [0.15, 0.2) is 16.9 Å². The number of carbonyl (C=O) groups is 1. The van der Waals surface area contributed by atoms with Gasteiger partial charge in [0.2, 0.25) is 0 Å². The molecule has 0 amide bonds. The lowest BCUT2D eigenvalue weighted by atomic mass is 10.2. The maximum absolute atomic E-state index is 11.5. The zero-order valence-electron chi connectivity index (χ0n) is 10.6. The van der Waals surface area contributed by atoms with Crippen LogP contribution in [-0.4, -0.2) is 27.9 Å². The van der Waals surface area contributed by atoms with E-state index in [1.54, 1.807) is 24.9 Å². The summed E-state index contributed by atoms with van der Waals surface area (Å²) in [6, 6.07) is 1.84. The number of imidazole rings is 1. The van der Waals surface area contributed by atoms with Crippen molar-refractivity contribution in [1.82, 2.24) is 9.55 Å². The summed E-state index contributed by atoms with van der Waals surface area (Å²) in [5, 5.41) is 9.78. The molecule has 0 N–H and O–H groups in total. The molecule has 96 valence electrons. The second-order valence-electron chi connectivity index (χ2n) is 3.35. The van der Waals surface area contributed by atoms with Crippen molar-refractivity contribution >= 4 is 23.8 Å². The van der Waals surface area contributed by atoms with Crippen LogP contribution in [-0.2, 0) is 16.6 Å². The molecule has 0 radical (unpaired) electrons. The Kier molecular flexibility index (Phi) is 5.46. The van der Waals surface area contributed by atoms with E-state index in [1.807, 2.05) is 24.6 Å². The predicted octanol–water partition coefficient (Wildman–Crippen LogP) is 2.00. The highest BCUT2D eigenvalue weighted by molar-refractivity contribution is 7.99. The van der Waals surface area contributed by atoms with Crippen LogP contribution in [0.5, 0.6) is 0 Å². The summed E-state index contributed by atoms with van der Waals surface area (Å²) < 4.78 is 6.63. The molecule has 0 aliphatic heterocycles. The van der Waals surface area contributed by atoms with Crippen molar-refractivity contribution in [3.63, 3.8) is 0 Å². The molecule has 0 aromatic carbocycles. The zero-order valence-corrected chi connectivity index (χ0v) is 11.5. The fraction of sp³-hybridized carbons (Fsp3) is 0.417. The normalized spacial score (nSPS) is 11.1. The Bertz CT molecular complexity index is 500. The number of rotatable bonds is 5. The molecule has 6 heteroatoms. The van der Waals surface area contributed by atoms with Gasteiger partial charge in [-0.3, -0.25) is 0 Å². The van der Waals surface area contributed by atoms with E-state index in [9.17, 15) is 4.79 Å². The molecule has 0 saturated carbocycles. The minimum Gasteiger partial charge on any atom is -0.462 e. The number of carbonyl (C=O) groups excluding carboxylic acids is 1. The first-order chi connectivity index (χ1) is 8.63. The summed E-state index contributed by atoms with van der Waals surface area (Å²) >= 11 is 1.60. The van der Waals surface area contributed by atoms with Gasteiger partial charge in [-0.15, -0.1) is 0 Å². The van der Waals surface area contributed by atoms with Gasteiger partial charge < -0.3 is 9.30 Å². The van der Waals surface area contributed by atoms with Gasteiger partial charge in [0, 0.05) is 7.05 Å². The van der Waals surface area contributed by atoms with Crippen LogP contribution in [0, 0.1) is 11.3 Å². The first kappa shape index (κ1) is 14.3. The maximum Gasteiger partial charge on any atom is 0.348 e. The summed E-state index contributed by atoms with van der Waals surface area (Å²) in [7, 11) is 1.84. The highest BCUT2D eigenvalue weighted by Crippen LogP contribution is 2.18. The molecule has 0 aliphatic rings. The highest BCUT2D eigenvalue weighted by Gasteiger charge is 2.12. The molecule has 0 unspecified atom stereocenters. The molecular formula is C12H15N3O2S. The number of ether oxygens (including phenoxy) is 1. The molecule has 0 aliphatic carbocycles. The van der Waals surface area contributed by atoms with Crippen LogP contribution in [0.1, 0.15) is 19.5 Å². The van der Waals surface area contributed by atoms with Gasteiger partial charge in [0.25, 0.3) is 0 Å². The van der Waals surface area contributed by atoms with Crippen LogP contribution in [0.2, 0.25) is 0 Å². The van der Waals surface area contributed by atoms with Crippen LogP contribution in [0.4, 0.5) is 0 Å².